The number of hydrogen-bond acceptors (Lipinski definition) is 2. The highest BCUT2D eigenvalue weighted by Gasteiger charge is 2.39. The van der Waals surface area contributed by atoms with Crippen molar-refractivity contribution in [3.8, 4) is 22.3 Å². The minimum absolute atomic E-state index is 0.352. The number of aryl methyl sites for hydroxylation is 1. The van der Waals surface area contributed by atoms with E-state index in [1.165, 1.54) is 67.0 Å². The Kier molecular flexibility index (Phi) is 7.70. The molecule has 1 fully saturated rings. The van der Waals surface area contributed by atoms with Crippen LogP contribution < -0.4 is 0 Å². The first-order valence-corrected chi connectivity index (χ1v) is 22.0. The largest absolute Gasteiger partial charge is 0.461 e. The summed E-state index contributed by atoms with van der Waals surface area (Å²) in [5, 5.41) is 6.25. The van der Waals surface area contributed by atoms with Crippen LogP contribution in [0.15, 0.2) is 185 Å². The Hall–Kier alpha value is -6.58. The molecule has 0 amide bonds. The van der Waals surface area contributed by atoms with Gasteiger partial charge in [-0.2, -0.15) is 0 Å². The number of fused-ring (bicyclic) bond motifs is 12. The molecule has 3 aromatic heterocycles. The maximum absolute atomic E-state index is 6.68. The van der Waals surface area contributed by atoms with Gasteiger partial charge in [-0.15, -0.1) is 0 Å². The summed E-state index contributed by atoms with van der Waals surface area (Å²) in [7, 11) is 0. The number of rotatable bonds is 4. The predicted octanol–water partition coefficient (Wildman–Crippen LogP) is 15.1. The Labute approximate surface area is 349 Å². The summed E-state index contributed by atoms with van der Waals surface area (Å²) in [5.74, 6) is 3.57. The molecular formula is C57H45NO2. The zero-order chi connectivity index (χ0) is 39.3. The standard InChI is InChI=1S/C57H45NO2/c1-2-12-42-35(11-1)21-25-43(45-14-4-3-13-44(42)45)40-30-38(36-22-26-55-49(32-36)48-17-7-10-20-54(48)59-55)29-39(31-40)37-23-27-56-50(33-37)51-34-41(24-28-57(51)60-56)58-52-18-8-5-15-46(52)47-16-6-9-19-53(47)58/h1-20,22-23,26-27,29-33,35,41-45H,21,24-25,28,34H2. The summed E-state index contributed by atoms with van der Waals surface area (Å²) in [6.07, 6.45) is 24.4. The average molecular weight is 776 g/mol. The third kappa shape index (κ3) is 5.34. The van der Waals surface area contributed by atoms with Crippen LogP contribution in [0.5, 0.6) is 0 Å². The zero-order valence-corrected chi connectivity index (χ0v) is 33.5. The maximum atomic E-state index is 6.68. The van der Waals surface area contributed by atoms with Gasteiger partial charge in [0.1, 0.15) is 22.5 Å². The van der Waals surface area contributed by atoms with E-state index in [9.17, 15) is 0 Å². The first-order chi connectivity index (χ1) is 29.7. The fourth-order valence-corrected chi connectivity index (χ4v) is 11.9. The van der Waals surface area contributed by atoms with E-state index >= 15 is 0 Å². The van der Waals surface area contributed by atoms with E-state index in [0.717, 1.165) is 59.0 Å². The molecule has 6 atom stereocenters. The van der Waals surface area contributed by atoms with E-state index in [1.54, 1.807) is 0 Å². The number of furan rings is 2. The molecule has 13 rings (SSSR count). The SMILES string of the molecule is C1=CC2CCC(c3cc(-c4ccc5oc6c(c5c4)CC(n4c5ccccc5c5ccccc54)CC6)cc(-c4ccc5oc6ccccc6c5c4)c3)C3C=CC=CC3C2C=C1. The lowest BCUT2D eigenvalue weighted by molar-refractivity contribution is 0.316. The number of benzene rings is 6. The molecule has 290 valence electrons. The van der Waals surface area contributed by atoms with Crippen molar-refractivity contribution in [1.82, 2.24) is 4.57 Å². The fraction of sp³-hybridized carbons (Fsp3) is 0.193. The van der Waals surface area contributed by atoms with Gasteiger partial charge in [0.25, 0.3) is 0 Å². The summed E-state index contributed by atoms with van der Waals surface area (Å²) in [6.45, 7) is 0. The molecule has 0 spiro atoms. The molecule has 3 heteroatoms. The average Bonchev–Trinajstić information content (AvgIpc) is 3.94. The van der Waals surface area contributed by atoms with Gasteiger partial charge in [0.2, 0.25) is 0 Å². The number of nitrogens with zero attached hydrogens (tertiary/aromatic N) is 1. The summed E-state index contributed by atoms with van der Waals surface area (Å²) in [4.78, 5) is 0. The van der Waals surface area contributed by atoms with Crippen LogP contribution in [-0.4, -0.2) is 4.57 Å². The second-order valence-corrected chi connectivity index (χ2v) is 17.8. The quantitative estimate of drug-likeness (QED) is 0.178. The van der Waals surface area contributed by atoms with E-state index < -0.39 is 0 Å². The molecule has 0 N–H and O–H groups in total. The van der Waals surface area contributed by atoms with Gasteiger partial charge in [0.15, 0.2) is 0 Å². The van der Waals surface area contributed by atoms with Crippen LogP contribution in [-0.2, 0) is 12.8 Å². The minimum atomic E-state index is 0.352. The second kappa shape index (κ2) is 13.5. The molecule has 0 saturated heterocycles. The highest BCUT2D eigenvalue weighted by Crippen LogP contribution is 2.50. The van der Waals surface area contributed by atoms with E-state index in [2.05, 4.69) is 181 Å². The fourth-order valence-electron chi connectivity index (χ4n) is 11.9. The lowest BCUT2D eigenvalue weighted by Gasteiger charge is -2.35. The van der Waals surface area contributed by atoms with Crippen molar-refractivity contribution in [3.05, 3.63) is 193 Å². The Balaban J connectivity index is 0.951. The van der Waals surface area contributed by atoms with E-state index in [0.29, 0.717) is 35.6 Å². The molecule has 9 aromatic rings. The third-order valence-corrected chi connectivity index (χ3v) is 14.7. The number of hydrogen-bond donors (Lipinski definition) is 0. The summed E-state index contributed by atoms with van der Waals surface area (Å²) < 4.78 is 15.6. The van der Waals surface area contributed by atoms with Gasteiger partial charge in [0, 0.05) is 56.0 Å². The number of aromatic nitrogens is 1. The highest BCUT2D eigenvalue weighted by molar-refractivity contribution is 6.08. The van der Waals surface area contributed by atoms with Gasteiger partial charge in [-0.3, -0.25) is 0 Å². The van der Waals surface area contributed by atoms with Gasteiger partial charge < -0.3 is 13.4 Å². The van der Waals surface area contributed by atoms with E-state index in [4.69, 9.17) is 8.83 Å². The molecule has 0 radical (unpaired) electrons. The summed E-state index contributed by atoms with van der Waals surface area (Å²) in [6, 6.07) is 47.8. The number of allylic oxidation sites excluding steroid dienone is 8. The first-order valence-electron chi connectivity index (χ1n) is 22.0. The van der Waals surface area contributed by atoms with Crippen molar-refractivity contribution in [3.63, 3.8) is 0 Å². The Morgan fingerprint density at radius 3 is 1.83 bits per heavy atom. The van der Waals surface area contributed by atoms with Crippen LogP contribution in [0, 0.1) is 23.7 Å². The normalized spacial score (nSPS) is 23.4. The van der Waals surface area contributed by atoms with Gasteiger partial charge in [0.05, 0.1) is 0 Å². The van der Waals surface area contributed by atoms with E-state index in [1.807, 2.05) is 0 Å². The second-order valence-electron chi connectivity index (χ2n) is 17.8. The number of para-hydroxylation sites is 3. The molecule has 4 aliphatic carbocycles. The first kappa shape index (κ1) is 34.3. The van der Waals surface area contributed by atoms with Crippen molar-refractivity contribution >= 4 is 54.7 Å². The van der Waals surface area contributed by atoms with Gasteiger partial charge in [-0.05, 0) is 132 Å². The minimum Gasteiger partial charge on any atom is -0.461 e. The molecule has 0 aliphatic heterocycles. The molecule has 60 heavy (non-hydrogen) atoms. The third-order valence-electron chi connectivity index (χ3n) is 14.7. The van der Waals surface area contributed by atoms with Crippen LogP contribution in [0.4, 0.5) is 0 Å². The lowest BCUT2D eigenvalue weighted by Crippen LogP contribution is -2.27. The lowest BCUT2D eigenvalue weighted by atomic mass is 9.69. The summed E-state index contributed by atoms with van der Waals surface area (Å²) in [5.41, 5.74) is 13.3. The van der Waals surface area contributed by atoms with Crippen molar-refractivity contribution in [2.45, 2.75) is 44.1 Å². The Morgan fingerprint density at radius 1 is 0.450 bits per heavy atom. The molecule has 3 nitrogen and oxygen atoms in total. The Bertz CT molecular complexity index is 3250. The van der Waals surface area contributed by atoms with Crippen LogP contribution in [0.25, 0.3) is 77.0 Å². The molecule has 1 saturated carbocycles. The molecule has 4 aliphatic rings. The van der Waals surface area contributed by atoms with E-state index in [-0.39, 0.29) is 0 Å². The van der Waals surface area contributed by atoms with Crippen molar-refractivity contribution in [2.24, 2.45) is 23.7 Å². The molecule has 0 bridgehead atoms. The van der Waals surface area contributed by atoms with Crippen LogP contribution in [0.3, 0.4) is 0 Å². The van der Waals surface area contributed by atoms with Gasteiger partial charge in [-0.25, -0.2) is 0 Å². The predicted molar refractivity (Wildman–Crippen MR) is 247 cm³/mol. The van der Waals surface area contributed by atoms with Gasteiger partial charge >= 0.3 is 0 Å². The molecule has 6 unspecified atom stereocenters. The van der Waals surface area contributed by atoms with Crippen LogP contribution >= 0.6 is 0 Å². The van der Waals surface area contributed by atoms with Crippen LogP contribution in [0.1, 0.15) is 48.1 Å². The van der Waals surface area contributed by atoms with Crippen molar-refractivity contribution < 1.29 is 8.83 Å². The van der Waals surface area contributed by atoms with Crippen LogP contribution in [0.2, 0.25) is 0 Å². The smallest absolute Gasteiger partial charge is 0.135 e. The zero-order valence-electron chi connectivity index (χ0n) is 33.5. The molecular weight excluding hydrogens is 731 g/mol. The molecule has 3 heterocycles. The van der Waals surface area contributed by atoms with Gasteiger partial charge in [-0.1, -0.05) is 127 Å². The summed E-state index contributed by atoms with van der Waals surface area (Å²) >= 11 is 0. The van der Waals surface area contributed by atoms with Crippen molar-refractivity contribution in [1.29, 1.82) is 0 Å². The molecule has 6 aromatic carbocycles. The maximum Gasteiger partial charge on any atom is 0.135 e. The Morgan fingerprint density at radius 2 is 1.07 bits per heavy atom. The monoisotopic (exact) mass is 775 g/mol. The van der Waals surface area contributed by atoms with Crippen molar-refractivity contribution in [2.75, 3.05) is 0 Å². The highest BCUT2D eigenvalue weighted by atomic mass is 16.3. The topological polar surface area (TPSA) is 31.2 Å².